The van der Waals surface area contributed by atoms with E-state index in [2.05, 4.69) is 32.2 Å². The van der Waals surface area contributed by atoms with E-state index in [1.54, 1.807) is 7.11 Å². The van der Waals surface area contributed by atoms with Crippen LogP contribution in [0.15, 0.2) is 6.07 Å². The van der Waals surface area contributed by atoms with E-state index < -0.39 is 0 Å². The predicted molar refractivity (Wildman–Crippen MR) is 70.9 cm³/mol. The van der Waals surface area contributed by atoms with Crippen molar-refractivity contribution in [2.75, 3.05) is 26.8 Å². The largest absolute Gasteiger partial charge is 0.496 e. The van der Waals surface area contributed by atoms with Crippen LogP contribution in [-0.2, 0) is 6.42 Å². The van der Waals surface area contributed by atoms with Crippen LogP contribution >= 0.6 is 0 Å². The second kappa shape index (κ2) is 6.62. The molecule has 0 radical (unpaired) electrons. The Balaban J connectivity index is 2.81. The summed E-state index contributed by atoms with van der Waals surface area (Å²) in [6, 6.07) is 2.10. The number of hydrogen-bond donors (Lipinski definition) is 2. The van der Waals surface area contributed by atoms with Gasteiger partial charge in [0, 0.05) is 6.54 Å². The standard InChI is InChI=1S/C14H23NO2/c1-10-9-14(17-4)12(3)11(2)13(10)5-6-15-7-8-16/h9,15-16H,5-8H2,1-4H3. The number of methoxy groups -OCH3 is 1. The van der Waals surface area contributed by atoms with Gasteiger partial charge in [-0.1, -0.05) is 0 Å². The summed E-state index contributed by atoms with van der Waals surface area (Å²) in [5, 5.41) is 11.9. The van der Waals surface area contributed by atoms with Gasteiger partial charge in [0.05, 0.1) is 13.7 Å². The first-order chi connectivity index (χ1) is 8.11. The average Bonchev–Trinajstić information content (AvgIpc) is 2.32. The van der Waals surface area contributed by atoms with Gasteiger partial charge in [-0.05, 0) is 62.1 Å². The molecular weight excluding hydrogens is 214 g/mol. The Kier molecular flexibility index (Phi) is 5.45. The zero-order valence-electron chi connectivity index (χ0n) is 11.3. The van der Waals surface area contributed by atoms with Crippen molar-refractivity contribution in [1.29, 1.82) is 0 Å². The van der Waals surface area contributed by atoms with Crippen LogP contribution in [0.5, 0.6) is 5.75 Å². The van der Waals surface area contributed by atoms with E-state index in [0.29, 0.717) is 6.54 Å². The third kappa shape index (κ3) is 3.45. The minimum atomic E-state index is 0.194. The third-order valence-corrected chi connectivity index (χ3v) is 3.27. The summed E-state index contributed by atoms with van der Waals surface area (Å²) in [4.78, 5) is 0. The molecule has 1 rings (SSSR count). The molecule has 0 aliphatic heterocycles. The van der Waals surface area contributed by atoms with Gasteiger partial charge in [0.1, 0.15) is 5.75 Å². The number of aliphatic hydroxyl groups is 1. The molecule has 0 saturated carbocycles. The van der Waals surface area contributed by atoms with Gasteiger partial charge in [-0.3, -0.25) is 0 Å². The second-order valence-corrected chi connectivity index (χ2v) is 4.35. The van der Waals surface area contributed by atoms with Gasteiger partial charge in [0.25, 0.3) is 0 Å². The van der Waals surface area contributed by atoms with Crippen LogP contribution in [0.3, 0.4) is 0 Å². The van der Waals surface area contributed by atoms with Gasteiger partial charge >= 0.3 is 0 Å². The van der Waals surface area contributed by atoms with Gasteiger partial charge in [-0.15, -0.1) is 0 Å². The smallest absolute Gasteiger partial charge is 0.122 e. The van der Waals surface area contributed by atoms with Crippen molar-refractivity contribution in [1.82, 2.24) is 5.32 Å². The molecule has 0 heterocycles. The number of rotatable bonds is 6. The van der Waals surface area contributed by atoms with Gasteiger partial charge in [0.2, 0.25) is 0 Å². The molecule has 3 nitrogen and oxygen atoms in total. The summed E-state index contributed by atoms with van der Waals surface area (Å²) in [6.07, 6.45) is 0.989. The molecule has 1 aromatic carbocycles. The zero-order valence-corrected chi connectivity index (χ0v) is 11.3. The van der Waals surface area contributed by atoms with Crippen molar-refractivity contribution >= 4 is 0 Å². The molecule has 0 fully saturated rings. The Bertz CT molecular complexity index is 375. The molecule has 0 aromatic heterocycles. The highest BCUT2D eigenvalue weighted by molar-refractivity contribution is 5.48. The van der Waals surface area contributed by atoms with E-state index in [1.165, 1.54) is 22.3 Å². The summed E-state index contributed by atoms with van der Waals surface area (Å²) >= 11 is 0. The Hall–Kier alpha value is -1.06. The quantitative estimate of drug-likeness (QED) is 0.741. The Morgan fingerprint density at radius 3 is 2.47 bits per heavy atom. The van der Waals surface area contributed by atoms with Crippen molar-refractivity contribution in [3.8, 4) is 5.75 Å². The van der Waals surface area contributed by atoms with E-state index in [1.807, 2.05) is 0 Å². The highest BCUT2D eigenvalue weighted by Gasteiger charge is 2.09. The fourth-order valence-electron chi connectivity index (χ4n) is 2.11. The van der Waals surface area contributed by atoms with Crippen LogP contribution in [-0.4, -0.2) is 31.9 Å². The maximum atomic E-state index is 8.71. The molecule has 0 amide bonds. The molecule has 2 N–H and O–H groups in total. The van der Waals surface area contributed by atoms with Gasteiger partial charge in [-0.2, -0.15) is 0 Å². The number of aliphatic hydroxyl groups excluding tert-OH is 1. The van der Waals surface area contributed by atoms with Crippen molar-refractivity contribution < 1.29 is 9.84 Å². The van der Waals surface area contributed by atoms with E-state index in [4.69, 9.17) is 9.84 Å². The molecule has 3 heteroatoms. The van der Waals surface area contributed by atoms with Crippen LogP contribution in [0.25, 0.3) is 0 Å². The van der Waals surface area contributed by atoms with Gasteiger partial charge in [0.15, 0.2) is 0 Å². The first-order valence-corrected chi connectivity index (χ1v) is 6.07. The van der Waals surface area contributed by atoms with Crippen LogP contribution < -0.4 is 10.1 Å². The fraction of sp³-hybridized carbons (Fsp3) is 0.571. The van der Waals surface area contributed by atoms with Crippen molar-refractivity contribution in [3.63, 3.8) is 0 Å². The topological polar surface area (TPSA) is 41.5 Å². The summed E-state index contributed by atoms with van der Waals surface area (Å²) in [6.45, 7) is 8.11. The molecule has 0 aliphatic carbocycles. The van der Waals surface area contributed by atoms with E-state index in [0.717, 1.165) is 18.7 Å². The Labute approximate surface area is 104 Å². The van der Waals surface area contributed by atoms with Gasteiger partial charge < -0.3 is 15.2 Å². The lowest BCUT2D eigenvalue weighted by molar-refractivity contribution is 0.293. The number of nitrogens with one attached hydrogen (secondary N) is 1. The number of aryl methyl sites for hydroxylation is 1. The first kappa shape index (κ1) is 14.0. The molecule has 0 aliphatic rings. The normalized spacial score (nSPS) is 10.6. The van der Waals surface area contributed by atoms with Crippen molar-refractivity contribution in [3.05, 3.63) is 28.3 Å². The molecule has 17 heavy (non-hydrogen) atoms. The second-order valence-electron chi connectivity index (χ2n) is 4.35. The maximum absolute atomic E-state index is 8.71. The monoisotopic (exact) mass is 237 g/mol. The summed E-state index contributed by atoms with van der Waals surface area (Å²) in [5.74, 6) is 0.965. The Morgan fingerprint density at radius 1 is 1.18 bits per heavy atom. The van der Waals surface area contributed by atoms with Crippen molar-refractivity contribution in [2.24, 2.45) is 0 Å². The summed E-state index contributed by atoms with van der Waals surface area (Å²) in [5.41, 5.74) is 5.19. The molecule has 0 bridgehead atoms. The minimum absolute atomic E-state index is 0.194. The highest BCUT2D eigenvalue weighted by atomic mass is 16.5. The predicted octanol–water partition coefficient (Wildman–Crippen LogP) is 1.74. The molecular formula is C14H23NO2. The molecule has 0 atom stereocenters. The maximum Gasteiger partial charge on any atom is 0.122 e. The lowest BCUT2D eigenvalue weighted by Crippen LogP contribution is -2.21. The highest BCUT2D eigenvalue weighted by Crippen LogP contribution is 2.27. The van der Waals surface area contributed by atoms with Crippen LogP contribution in [0.2, 0.25) is 0 Å². The molecule has 0 saturated heterocycles. The SMILES string of the molecule is COc1cc(C)c(CCNCCO)c(C)c1C. The molecule has 1 aromatic rings. The van der Waals surface area contributed by atoms with Crippen molar-refractivity contribution in [2.45, 2.75) is 27.2 Å². The molecule has 96 valence electrons. The molecule has 0 unspecified atom stereocenters. The van der Waals surface area contributed by atoms with E-state index >= 15 is 0 Å². The van der Waals surface area contributed by atoms with E-state index in [9.17, 15) is 0 Å². The Morgan fingerprint density at radius 2 is 1.88 bits per heavy atom. The first-order valence-electron chi connectivity index (χ1n) is 6.07. The van der Waals surface area contributed by atoms with E-state index in [-0.39, 0.29) is 6.61 Å². The zero-order chi connectivity index (χ0) is 12.8. The number of hydrogen-bond acceptors (Lipinski definition) is 3. The summed E-state index contributed by atoms with van der Waals surface area (Å²) < 4.78 is 5.36. The fourth-order valence-corrected chi connectivity index (χ4v) is 2.11. The molecule has 0 spiro atoms. The van der Waals surface area contributed by atoms with Crippen LogP contribution in [0.4, 0.5) is 0 Å². The van der Waals surface area contributed by atoms with Crippen LogP contribution in [0, 0.1) is 20.8 Å². The average molecular weight is 237 g/mol. The lowest BCUT2D eigenvalue weighted by atomic mass is 9.95. The number of ether oxygens (including phenoxy) is 1. The lowest BCUT2D eigenvalue weighted by Gasteiger charge is -2.16. The minimum Gasteiger partial charge on any atom is -0.496 e. The van der Waals surface area contributed by atoms with Crippen LogP contribution in [0.1, 0.15) is 22.3 Å². The summed E-state index contributed by atoms with van der Waals surface area (Å²) in [7, 11) is 1.71. The number of benzene rings is 1. The third-order valence-electron chi connectivity index (χ3n) is 3.27. The van der Waals surface area contributed by atoms with Gasteiger partial charge in [-0.25, -0.2) is 0 Å².